The number of methoxy groups -OCH3 is 1. The molecule has 0 bridgehead atoms. The molecule has 0 saturated heterocycles. The molecule has 0 aliphatic heterocycles. The lowest BCUT2D eigenvalue weighted by Gasteiger charge is -2.27. The van der Waals surface area contributed by atoms with Gasteiger partial charge in [-0.1, -0.05) is 0 Å². The molecule has 0 spiro atoms. The monoisotopic (exact) mass is 268 g/mol. The van der Waals surface area contributed by atoms with Gasteiger partial charge >= 0.3 is 5.97 Å². The average Bonchev–Trinajstić information content (AvgIpc) is 2.78. The fourth-order valence-corrected chi connectivity index (χ4v) is 2.05. The summed E-state index contributed by atoms with van der Waals surface area (Å²) in [5.74, 6) is -1.16. The van der Waals surface area contributed by atoms with E-state index >= 15 is 0 Å². The second-order valence-electron chi connectivity index (χ2n) is 4.31. The minimum atomic E-state index is -1.04. The topological polar surface area (TPSA) is 71.8 Å². The van der Waals surface area contributed by atoms with Gasteiger partial charge in [-0.05, 0) is 26.0 Å². The highest BCUT2D eigenvalue weighted by Gasteiger charge is 2.20. The molecule has 6 nitrogen and oxygen atoms in total. The Hall–Kier alpha value is -1.82. The molecule has 1 aromatic heterocycles. The van der Waals surface area contributed by atoms with E-state index in [0.29, 0.717) is 13.2 Å². The Morgan fingerprint density at radius 1 is 1.53 bits per heavy atom. The van der Waals surface area contributed by atoms with Gasteiger partial charge < -0.3 is 19.3 Å². The lowest BCUT2D eigenvalue weighted by atomic mass is 10.3. The van der Waals surface area contributed by atoms with Crippen molar-refractivity contribution < 1.29 is 19.4 Å². The molecule has 0 aliphatic rings. The predicted octanol–water partition coefficient (Wildman–Crippen LogP) is 1.07. The third-order valence-electron chi connectivity index (χ3n) is 2.96. The van der Waals surface area contributed by atoms with Crippen molar-refractivity contribution >= 4 is 11.9 Å². The van der Waals surface area contributed by atoms with Gasteiger partial charge in [-0.3, -0.25) is 4.79 Å². The SMILES string of the molecule is CCN(C(=O)Cn1cccc1C(=O)O)C(C)COC. The number of amides is 1. The van der Waals surface area contributed by atoms with Crippen LogP contribution in [0.25, 0.3) is 0 Å². The van der Waals surface area contributed by atoms with E-state index in [0.717, 1.165) is 0 Å². The van der Waals surface area contributed by atoms with Crippen LogP contribution in [0.4, 0.5) is 0 Å². The number of carbonyl (C=O) groups excluding carboxylic acids is 1. The number of aromatic carboxylic acids is 1. The van der Waals surface area contributed by atoms with Crippen molar-refractivity contribution in [1.29, 1.82) is 0 Å². The van der Waals surface area contributed by atoms with Crippen LogP contribution in [0.2, 0.25) is 0 Å². The van der Waals surface area contributed by atoms with E-state index in [1.807, 2.05) is 13.8 Å². The van der Waals surface area contributed by atoms with E-state index in [1.54, 1.807) is 24.3 Å². The van der Waals surface area contributed by atoms with E-state index in [4.69, 9.17) is 9.84 Å². The van der Waals surface area contributed by atoms with Crippen LogP contribution in [0.5, 0.6) is 0 Å². The van der Waals surface area contributed by atoms with Crippen LogP contribution in [-0.4, -0.2) is 52.8 Å². The number of likely N-dealkylation sites (N-methyl/N-ethyl adjacent to an activating group) is 1. The standard InChI is InChI=1S/C13H20N2O4/c1-4-15(10(2)9-19-3)12(16)8-14-7-5-6-11(14)13(17)18/h5-7,10H,4,8-9H2,1-3H3,(H,17,18). The summed E-state index contributed by atoms with van der Waals surface area (Å²) in [4.78, 5) is 24.8. The number of carboxylic acids is 1. The zero-order valence-electron chi connectivity index (χ0n) is 11.5. The van der Waals surface area contributed by atoms with Gasteiger partial charge in [0.05, 0.1) is 12.6 Å². The van der Waals surface area contributed by atoms with E-state index < -0.39 is 5.97 Å². The summed E-state index contributed by atoms with van der Waals surface area (Å²) in [7, 11) is 1.59. The molecule has 0 aliphatic carbocycles. The Morgan fingerprint density at radius 3 is 2.74 bits per heavy atom. The van der Waals surface area contributed by atoms with Crippen molar-refractivity contribution in [2.45, 2.75) is 26.4 Å². The molecule has 0 aromatic carbocycles. The van der Waals surface area contributed by atoms with E-state index in [1.165, 1.54) is 10.6 Å². The molecular weight excluding hydrogens is 248 g/mol. The Labute approximate surface area is 112 Å². The van der Waals surface area contributed by atoms with Crippen LogP contribution in [0, 0.1) is 0 Å². The zero-order chi connectivity index (χ0) is 14.4. The van der Waals surface area contributed by atoms with Gasteiger partial charge in [-0.25, -0.2) is 4.79 Å². The minimum absolute atomic E-state index is 0.0243. The highest BCUT2D eigenvalue weighted by Crippen LogP contribution is 2.06. The molecule has 1 N–H and O–H groups in total. The maximum atomic E-state index is 12.2. The van der Waals surface area contributed by atoms with Gasteiger partial charge in [-0.15, -0.1) is 0 Å². The second kappa shape index (κ2) is 6.94. The molecule has 1 aromatic rings. The summed E-state index contributed by atoms with van der Waals surface area (Å²) in [5, 5.41) is 8.99. The first-order chi connectivity index (χ1) is 9.01. The van der Waals surface area contributed by atoms with Crippen molar-refractivity contribution in [2.75, 3.05) is 20.3 Å². The molecule has 0 saturated carbocycles. The van der Waals surface area contributed by atoms with Crippen LogP contribution in [0.1, 0.15) is 24.3 Å². The van der Waals surface area contributed by atoms with E-state index in [9.17, 15) is 9.59 Å². The summed E-state index contributed by atoms with van der Waals surface area (Å²) < 4.78 is 6.48. The van der Waals surface area contributed by atoms with Crippen LogP contribution >= 0.6 is 0 Å². The molecule has 1 atom stereocenters. The fourth-order valence-electron chi connectivity index (χ4n) is 2.05. The van der Waals surface area contributed by atoms with Crippen molar-refractivity contribution in [3.8, 4) is 0 Å². The van der Waals surface area contributed by atoms with Crippen LogP contribution in [-0.2, 0) is 16.1 Å². The second-order valence-corrected chi connectivity index (χ2v) is 4.31. The molecule has 106 valence electrons. The quantitative estimate of drug-likeness (QED) is 0.803. The van der Waals surface area contributed by atoms with Gasteiger partial charge in [0.15, 0.2) is 0 Å². The molecule has 6 heteroatoms. The highest BCUT2D eigenvalue weighted by atomic mass is 16.5. The first kappa shape index (κ1) is 15.2. The van der Waals surface area contributed by atoms with E-state index in [-0.39, 0.29) is 24.2 Å². The number of carbonyl (C=O) groups is 2. The molecule has 0 radical (unpaired) electrons. The van der Waals surface area contributed by atoms with Gasteiger partial charge in [-0.2, -0.15) is 0 Å². The van der Waals surface area contributed by atoms with Gasteiger partial charge in [0.25, 0.3) is 0 Å². The lowest BCUT2D eigenvalue weighted by molar-refractivity contribution is -0.134. The zero-order valence-corrected chi connectivity index (χ0v) is 11.5. The van der Waals surface area contributed by atoms with E-state index in [2.05, 4.69) is 0 Å². The Bertz CT molecular complexity index is 442. The third kappa shape index (κ3) is 3.82. The van der Waals surface area contributed by atoms with Crippen molar-refractivity contribution in [3.05, 3.63) is 24.0 Å². The van der Waals surface area contributed by atoms with Gasteiger partial charge in [0.2, 0.25) is 5.91 Å². The summed E-state index contributed by atoms with van der Waals surface area (Å²) in [6, 6.07) is 3.06. The van der Waals surface area contributed by atoms with Crippen LogP contribution in [0.3, 0.4) is 0 Å². The summed E-state index contributed by atoms with van der Waals surface area (Å²) >= 11 is 0. The molecule has 1 rings (SSSR count). The number of carboxylic acid groups (broad SMARTS) is 1. The fraction of sp³-hybridized carbons (Fsp3) is 0.538. The molecule has 19 heavy (non-hydrogen) atoms. The molecule has 1 unspecified atom stereocenters. The molecule has 1 amide bonds. The minimum Gasteiger partial charge on any atom is -0.477 e. The molecule has 1 heterocycles. The van der Waals surface area contributed by atoms with Crippen LogP contribution in [0.15, 0.2) is 18.3 Å². The number of ether oxygens (including phenoxy) is 1. The van der Waals surface area contributed by atoms with Gasteiger partial charge in [0, 0.05) is 19.9 Å². The summed E-state index contributed by atoms with van der Waals surface area (Å²) in [6.07, 6.45) is 1.59. The first-order valence-electron chi connectivity index (χ1n) is 6.18. The Kier molecular flexibility index (Phi) is 5.57. The average molecular weight is 268 g/mol. The van der Waals surface area contributed by atoms with Crippen LogP contribution < -0.4 is 0 Å². The lowest BCUT2D eigenvalue weighted by Crippen LogP contribution is -2.42. The number of hydrogen-bond acceptors (Lipinski definition) is 3. The predicted molar refractivity (Wildman–Crippen MR) is 70.1 cm³/mol. The maximum Gasteiger partial charge on any atom is 0.352 e. The maximum absolute atomic E-state index is 12.2. The van der Waals surface area contributed by atoms with Gasteiger partial charge in [0.1, 0.15) is 12.2 Å². The largest absolute Gasteiger partial charge is 0.477 e. The number of rotatable bonds is 7. The summed E-state index contributed by atoms with van der Waals surface area (Å²) in [5.41, 5.74) is 0.115. The Balaban J connectivity index is 2.77. The molecule has 0 fully saturated rings. The number of nitrogens with zero attached hydrogens (tertiary/aromatic N) is 2. The first-order valence-corrected chi connectivity index (χ1v) is 6.18. The molecular formula is C13H20N2O4. The van der Waals surface area contributed by atoms with Crippen molar-refractivity contribution in [1.82, 2.24) is 9.47 Å². The number of hydrogen-bond donors (Lipinski definition) is 1. The smallest absolute Gasteiger partial charge is 0.352 e. The highest BCUT2D eigenvalue weighted by molar-refractivity contribution is 5.87. The number of aromatic nitrogens is 1. The normalized spacial score (nSPS) is 12.2. The summed E-state index contributed by atoms with van der Waals surface area (Å²) in [6.45, 7) is 4.83. The Morgan fingerprint density at radius 2 is 2.21 bits per heavy atom. The van der Waals surface area contributed by atoms with Crippen molar-refractivity contribution in [3.63, 3.8) is 0 Å². The van der Waals surface area contributed by atoms with Crippen molar-refractivity contribution in [2.24, 2.45) is 0 Å². The third-order valence-corrected chi connectivity index (χ3v) is 2.96.